The van der Waals surface area contributed by atoms with Crippen molar-refractivity contribution in [3.05, 3.63) is 102 Å². The van der Waals surface area contributed by atoms with E-state index in [1.807, 2.05) is 64.1 Å². The first-order valence-corrected chi connectivity index (χ1v) is 13.7. The Morgan fingerprint density at radius 3 is 1.82 bits per heavy atom. The van der Waals surface area contributed by atoms with Gasteiger partial charge in [-0.25, -0.2) is 4.79 Å². The summed E-state index contributed by atoms with van der Waals surface area (Å²) < 4.78 is 10.9. The van der Waals surface area contributed by atoms with Crippen LogP contribution in [0.25, 0.3) is 0 Å². The SMILES string of the molecule is CCOC(=O)C(C)c1ccc(N(CCCN(Cc2ccccc2)Cc2ccccc2)C(=O)OC(C)(C)C)cc1. The molecule has 0 saturated heterocycles. The molecule has 3 rings (SSSR count). The van der Waals surface area contributed by atoms with Crippen molar-refractivity contribution < 1.29 is 19.1 Å². The average molecular weight is 531 g/mol. The molecule has 0 N–H and O–H groups in total. The topological polar surface area (TPSA) is 59.1 Å². The first kappa shape index (κ1) is 29.9. The quantitative estimate of drug-likeness (QED) is 0.232. The number of benzene rings is 3. The molecule has 0 aliphatic rings. The molecule has 0 spiro atoms. The Hall–Kier alpha value is -3.64. The van der Waals surface area contributed by atoms with Crippen molar-refractivity contribution in [3.63, 3.8) is 0 Å². The molecular formula is C33H42N2O4. The summed E-state index contributed by atoms with van der Waals surface area (Å²) in [7, 11) is 0. The minimum absolute atomic E-state index is 0.258. The third-order valence-electron chi connectivity index (χ3n) is 6.31. The monoisotopic (exact) mass is 530 g/mol. The molecule has 208 valence electrons. The van der Waals surface area contributed by atoms with E-state index in [9.17, 15) is 9.59 Å². The number of amides is 1. The van der Waals surface area contributed by atoms with Gasteiger partial charge in [-0.05, 0) is 69.9 Å². The van der Waals surface area contributed by atoms with E-state index in [4.69, 9.17) is 9.47 Å². The van der Waals surface area contributed by atoms with Gasteiger partial charge in [-0.15, -0.1) is 0 Å². The van der Waals surface area contributed by atoms with Crippen LogP contribution in [0.5, 0.6) is 0 Å². The van der Waals surface area contributed by atoms with Crippen molar-refractivity contribution in [2.75, 3.05) is 24.6 Å². The standard InChI is InChI=1S/C33H42N2O4/c1-6-38-31(36)26(2)29-18-20-30(21-19-29)35(32(37)39-33(3,4)5)23-13-22-34(24-27-14-9-7-10-15-27)25-28-16-11-8-12-17-28/h7-12,14-21,26H,6,13,22-25H2,1-5H3. The highest BCUT2D eigenvalue weighted by Gasteiger charge is 2.24. The predicted molar refractivity (Wildman–Crippen MR) is 157 cm³/mol. The number of carbonyl (C=O) groups excluding carboxylic acids is 2. The molecule has 6 nitrogen and oxygen atoms in total. The van der Waals surface area contributed by atoms with Crippen LogP contribution in [0.3, 0.4) is 0 Å². The van der Waals surface area contributed by atoms with Crippen molar-refractivity contribution in [3.8, 4) is 0 Å². The van der Waals surface area contributed by atoms with Gasteiger partial charge in [-0.2, -0.15) is 0 Å². The van der Waals surface area contributed by atoms with Gasteiger partial charge in [0.25, 0.3) is 0 Å². The molecular weight excluding hydrogens is 488 g/mol. The van der Waals surface area contributed by atoms with Crippen LogP contribution in [0.2, 0.25) is 0 Å². The molecule has 0 aliphatic heterocycles. The maximum absolute atomic E-state index is 13.2. The number of rotatable bonds is 12. The molecule has 3 aromatic rings. The highest BCUT2D eigenvalue weighted by molar-refractivity contribution is 5.88. The molecule has 3 aromatic carbocycles. The van der Waals surface area contributed by atoms with E-state index >= 15 is 0 Å². The van der Waals surface area contributed by atoms with Crippen LogP contribution in [-0.2, 0) is 27.4 Å². The van der Waals surface area contributed by atoms with Gasteiger partial charge in [0.2, 0.25) is 0 Å². The molecule has 1 unspecified atom stereocenters. The van der Waals surface area contributed by atoms with Gasteiger partial charge in [0.15, 0.2) is 0 Å². The van der Waals surface area contributed by atoms with Crippen molar-refractivity contribution in [1.29, 1.82) is 0 Å². The molecule has 0 bridgehead atoms. The molecule has 1 atom stereocenters. The number of anilines is 1. The Morgan fingerprint density at radius 1 is 0.795 bits per heavy atom. The molecule has 0 heterocycles. The molecule has 0 fully saturated rings. The van der Waals surface area contributed by atoms with Crippen molar-refractivity contribution in [2.45, 2.75) is 65.6 Å². The summed E-state index contributed by atoms with van der Waals surface area (Å²) in [4.78, 5) is 29.5. The van der Waals surface area contributed by atoms with Gasteiger partial charge in [0, 0.05) is 31.9 Å². The maximum atomic E-state index is 13.2. The van der Waals surface area contributed by atoms with Crippen molar-refractivity contribution in [1.82, 2.24) is 4.90 Å². The number of hydrogen-bond donors (Lipinski definition) is 0. The van der Waals surface area contributed by atoms with E-state index in [-0.39, 0.29) is 18.0 Å². The van der Waals surface area contributed by atoms with E-state index in [1.54, 1.807) is 11.8 Å². The second-order valence-electron chi connectivity index (χ2n) is 10.7. The smallest absolute Gasteiger partial charge is 0.414 e. The summed E-state index contributed by atoms with van der Waals surface area (Å²) in [5.41, 5.74) is 3.48. The lowest BCUT2D eigenvalue weighted by Crippen LogP contribution is -2.38. The summed E-state index contributed by atoms with van der Waals surface area (Å²) in [5.74, 6) is -0.635. The molecule has 0 radical (unpaired) electrons. The molecule has 0 aromatic heterocycles. The Kier molecular flexibility index (Phi) is 11.1. The Morgan fingerprint density at radius 2 is 1.33 bits per heavy atom. The normalized spacial score (nSPS) is 12.2. The number of hydrogen-bond acceptors (Lipinski definition) is 5. The predicted octanol–water partition coefficient (Wildman–Crippen LogP) is 7.19. The first-order chi connectivity index (χ1) is 18.7. The Labute approximate surface area is 233 Å². The van der Waals surface area contributed by atoms with Gasteiger partial charge in [-0.1, -0.05) is 72.8 Å². The lowest BCUT2D eigenvalue weighted by Gasteiger charge is -2.29. The minimum Gasteiger partial charge on any atom is -0.466 e. The van der Waals surface area contributed by atoms with Gasteiger partial charge in [0.1, 0.15) is 5.60 Å². The van der Waals surface area contributed by atoms with Gasteiger partial charge < -0.3 is 9.47 Å². The van der Waals surface area contributed by atoms with Gasteiger partial charge in [-0.3, -0.25) is 14.6 Å². The summed E-state index contributed by atoms with van der Waals surface area (Å²) in [5, 5.41) is 0. The number of nitrogens with zero attached hydrogens (tertiary/aromatic N) is 2. The molecule has 6 heteroatoms. The third kappa shape index (κ3) is 9.88. The summed E-state index contributed by atoms with van der Waals surface area (Å²) >= 11 is 0. The third-order valence-corrected chi connectivity index (χ3v) is 6.31. The Balaban J connectivity index is 1.74. The highest BCUT2D eigenvalue weighted by atomic mass is 16.6. The van der Waals surface area contributed by atoms with Crippen molar-refractivity contribution >= 4 is 17.7 Å². The zero-order valence-electron chi connectivity index (χ0n) is 23.9. The van der Waals surface area contributed by atoms with Crippen LogP contribution in [0, 0.1) is 0 Å². The van der Waals surface area contributed by atoms with E-state index < -0.39 is 5.60 Å². The zero-order chi connectivity index (χ0) is 28.3. The minimum atomic E-state index is -0.611. The second kappa shape index (κ2) is 14.5. The second-order valence-corrected chi connectivity index (χ2v) is 10.7. The summed E-state index contributed by atoms with van der Waals surface area (Å²) in [6.07, 6.45) is 0.381. The fourth-order valence-corrected chi connectivity index (χ4v) is 4.34. The largest absolute Gasteiger partial charge is 0.466 e. The highest BCUT2D eigenvalue weighted by Crippen LogP contribution is 2.24. The van der Waals surface area contributed by atoms with Crippen LogP contribution >= 0.6 is 0 Å². The van der Waals surface area contributed by atoms with Crippen LogP contribution < -0.4 is 4.90 Å². The molecule has 0 saturated carbocycles. The number of ether oxygens (including phenoxy) is 2. The van der Waals surface area contributed by atoms with Crippen LogP contribution in [-0.4, -0.2) is 42.3 Å². The number of esters is 1. The van der Waals surface area contributed by atoms with E-state index in [1.165, 1.54) is 11.1 Å². The van der Waals surface area contributed by atoms with E-state index in [2.05, 4.69) is 53.4 Å². The fourth-order valence-electron chi connectivity index (χ4n) is 4.34. The molecule has 39 heavy (non-hydrogen) atoms. The maximum Gasteiger partial charge on any atom is 0.414 e. The van der Waals surface area contributed by atoms with E-state index in [0.717, 1.165) is 37.3 Å². The molecule has 1 amide bonds. The number of carbonyl (C=O) groups is 2. The van der Waals surface area contributed by atoms with Gasteiger partial charge >= 0.3 is 12.1 Å². The lowest BCUT2D eigenvalue weighted by molar-refractivity contribution is -0.144. The molecule has 0 aliphatic carbocycles. The van der Waals surface area contributed by atoms with Gasteiger partial charge in [0.05, 0.1) is 12.5 Å². The van der Waals surface area contributed by atoms with E-state index in [0.29, 0.717) is 13.2 Å². The van der Waals surface area contributed by atoms with Crippen molar-refractivity contribution in [2.24, 2.45) is 0 Å². The average Bonchev–Trinajstić information content (AvgIpc) is 2.91. The summed E-state index contributed by atoms with van der Waals surface area (Å²) in [6, 6.07) is 28.4. The van der Waals surface area contributed by atoms with Crippen LogP contribution in [0.4, 0.5) is 10.5 Å². The first-order valence-electron chi connectivity index (χ1n) is 13.7. The fraction of sp³-hybridized carbons (Fsp3) is 0.394. The lowest BCUT2D eigenvalue weighted by atomic mass is 10.0. The van der Waals surface area contributed by atoms with Crippen LogP contribution in [0.15, 0.2) is 84.9 Å². The Bertz CT molecular complexity index is 1120. The van der Waals surface area contributed by atoms with Crippen LogP contribution in [0.1, 0.15) is 63.6 Å². The zero-order valence-corrected chi connectivity index (χ0v) is 23.9. The summed E-state index contributed by atoms with van der Waals surface area (Å²) in [6.45, 7) is 12.5.